The van der Waals surface area contributed by atoms with Gasteiger partial charge in [0.25, 0.3) is 0 Å². The second kappa shape index (κ2) is 11.7. The minimum Gasteiger partial charge on any atom is -0.494 e. The number of imidazole rings is 1. The van der Waals surface area contributed by atoms with Gasteiger partial charge in [-0.1, -0.05) is 18.2 Å². The summed E-state index contributed by atoms with van der Waals surface area (Å²) in [4.78, 5) is 33.8. The monoisotopic (exact) mass is 492 g/mol. The Morgan fingerprint density at radius 2 is 2.20 bits per heavy atom. The van der Waals surface area contributed by atoms with E-state index in [4.69, 9.17) is 9.47 Å². The van der Waals surface area contributed by atoms with Gasteiger partial charge in [-0.2, -0.15) is 5.26 Å². The Morgan fingerprint density at radius 3 is 2.97 bits per heavy atom. The predicted octanol–water partition coefficient (Wildman–Crippen LogP) is 4.27. The molecule has 0 spiro atoms. The highest BCUT2D eigenvalue weighted by molar-refractivity contribution is 7.12. The maximum atomic E-state index is 12.8. The summed E-state index contributed by atoms with van der Waals surface area (Å²) in [7, 11) is 0. The molecule has 35 heavy (non-hydrogen) atoms. The fourth-order valence-corrected chi connectivity index (χ4v) is 5.66. The van der Waals surface area contributed by atoms with Crippen molar-refractivity contribution in [2.75, 3.05) is 6.61 Å². The van der Waals surface area contributed by atoms with E-state index in [9.17, 15) is 14.9 Å². The van der Waals surface area contributed by atoms with Crippen molar-refractivity contribution in [3.05, 3.63) is 68.9 Å². The van der Waals surface area contributed by atoms with Crippen LogP contribution in [0, 0.1) is 11.3 Å². The Labute approximate surface area is 208 Å². The van der Waals surface area contributed by atoms with Gasteiger partial charge in [0.1, 0.15) is 29.5 Å². The number of alkyl carbamates (subject to hydrolysis) is 1. The fraction of sp³-hybridized carbons (Fsp3) is 0.385. The van der Waals surface area contributed by atoms with Gasteiger partial charge in [0.2, 0.25) is 0 Å². The van der Waals surface area contributed by atoms with Crippen LogP contribution in [0.3, 0.4) is 0 Å². The molecule has 2 aromatic heterocycles. The topological polar surface area (TPSA) is 117 Å². The SMILES string of the molecule is CCOc1ccccc1CCC(=O)Cc1sc2c(c1C#N)CCC(OC(=O)NCc1ncc[nH]1)C2. The van der Waals surface area contributed by atoms with Gasteiger partial charge in [-0.25, -0.2) is 9.78 Å². The molecule has 8 nitrogen and oxygen atoms in total. The van der Waals surface area contributed by atoms with Crippen molar-refractivity contribution in [2.45, 2.75) is 58.1 Å². The first kappa shape index (κ1) is 24.5. The lowest BCUT2D eigenvalue weighted by molar-refractivity contribution is -0.118. The number of ketones is 1. The summed E-state index contributed by atoms with van der Waals surface area (Å²) in [6, 6.07) is 10.1. The van der Waals surface area contributed by atoms with Gasteiger partial charge in [0, 0.05) is 41.4 Å². The molecule has 0 saturated carbocycles. The normalized spacial score (nSPS) is 14.6. The smallest absolute Gasteiger partial charge is 0.407 e. The number of para-hydroxylation sites is 1. The molecule has 1 aliphatic carbocycles. The molecule has 1 unspecified atom stereocenters. The number of carbonyl (C=O) groups is 2. The Balaban J connectivity index is 1.33. The van der Waals surface area contributed by atoms with Crippen molar-refractivity contribution in [1.82, 2.24) is 15.3 Å². The number of amides is 1. The fourth-order valence-electron chi connectivity index (χ4n) is 4.26. The van der Waals surface area contributed by atoms with Crippen LogP contribution in [0.2, 0.25) is 0 Å². The molecule has 0 saturated heterocycles. The molecular weight excluding hydrogens is 464 g/mol. The van der Waals surface area contributed by atoms with Gasteiger partial charge in [0.15, 0.2) is 0 Å². The van der Waals surface area contributed by atoms with Crippen LogP contribution in [0.4, 0.5) is 4.79 Å². The maximum absolute atomic E-state index is 12.8. The highest BCUT2D eigenvalue weighted by Gasteiger charge is 2.28. The third-order valence-corrected chi connectivity index (χ3v) is 7.19. The van der Waals surface area contributed by atoms with Gasteiger partial charge < -0.3 is 19.8 Å². The zero-order valence-electron chi connectivity index (χ0n) is 19.6. The molecule has 1 atom stereocenters. The number of aromatic amines is 1. The number of nitriles is 1. The highest BCUT2D eigenvalue weighted by Crippen LogP contribution is 2.35. The van der Waals surface area contributed by atoms with Crippen molar-refractivity contribution < 1.29 is 19.1 Å². The lowest BCUT2D eigenvalue weighted by Crippen LogP contribution is -2.31. The lowest BCUT2D eigenvalue weighted by atomic mass is 9.92. The van der Waals surface area contributed by atoms with Crippen LogP contribution in [0.15, 0.2) is 36.7 Å². The summed E-state index contributed by atoms with van der Waals surface area (Å²) in [5.41, 5.74) is 2.63. The van der Waals surface area contributed by atoms with Gasteiger partial charge in [-0.15, -0.1) is 11.3 Å². The minimum atomic E-state index is -0.491. The number of hydrogen-bond donors (Lipinski definition) is 2. The number of H-pyrrole nitrogens is 1. The largest absolute Gasteiger partial charge is 0.494 e. The number of ether oxygens (including phenoxy) is 2. The summed E-state index contributed by atoms with van der Waals surface area (Å²) < 4.78 is 11.2. The Morgan fingerprint density at radius 1 is 1.34 bits per heavy atom. The van der Waals surface area contributed by atoms with E-state index >= 15 is 0 Å². The third kappa shape index (κ3) is 6.28. The van der Waals surface area contributed by atoms with E-state index in [1.54, 1.807) is 12.4 Å². The molecule has 0 radical (unpaired) electrons. The first-order chi connectivity index (χ1) is 17.1. The predicted molar refractivity (Wildman–Crippen MR) is 131 cm³/mol. The Bertz CT molecular complexity index is 1210. The molecule has 1 amide bonds. The van der Waals surface area contributed by atoms with Gasteiger partial charge >= 0.3 is 6.09 Å². The van der Waals surface area contributed by atoms with E-state index in [0.29, 0.717) is 50.1 Å². The Hall–Kier alpha value is -3.64. The number of fused-ring (bicyclic) bond motifs is 1. The van der Waals surface area contributed by atoms with E-state index in [-0.39, 0.29) is 24.9 Å². The number of nitrogens with zero attached hydrogens (tertiary/aromatic N) is 2. The van der Waals surface area contributed by atoms with Crippen molar-refractivity contribution in [3.63, 3.8) is 0 Å². The minimum absolute atomic E-state index is 0.0940. The van der Waals surface area contributed by atoms with E-state index in [2.05, 4.69) is 21.4 Å². The number of Topliss-reactive ketones (excluding diaryl/α,β-unsaturated/α-hetero) is 1. The average molecular weight is 493 g/mol. The van der Waals surface area contributed by atoms with Crippen LogP contribution in [-0.2, 0) is 41.8 Å². The summed E-state index contributed by atoms with van der Waals surface area (Å²) in [5, 5.41) is 12.5. The highest BCUT2D eigenvalue weighted by atomic mass is 32.1. The molecule has 1 aliphatic rings. The number of rotatable bonds is 10. The zero-order valence-corrected chi connectivity index (χ0v) is 20.5. The van der Waals surface area contributed by atoms with Crippen LogP contribution in [-0.4, -0.2) is 34.6 Å². The molecule has 9 heteroatoms. The van der Waals surface area contributed by atoms with Crippen molar-refractivity contribution in [2.24, 2.45) is 0 Å². The van der Waals surface area contributed by atoms with E-state index < -0.39 is 6.09 Å². The number of benzene rings is 1. The molecular formula is C26H28N4O4S. The molecule has 4 rings (SSSR count). The molecule has 2 N–H and O–H groups in total. The number of aromatic nitrogens is 2. The third-order valence-electron chi connectivity index (χ3n) is 5.94. The van der Waals surface area contributed by atoms with Crippen molar-refractivity contribution >= 4 is 23.2 Å². The molecule has 0 fully saturated rings. The average Bonchev–Trinajstić information content (AvgIpc) is 3.49. The van der Waals surface area contributed by atoms with E-state index in [1.165, 1.54) is 11.3 Å². The van der Waals surface area contributed by atoms with Crippen LogP contribution in [0.25, 0.3) is 0 Å². The zero-order chi connectivity index (χ0) is 24.6. The van der Waals surface area contributed by atoms with Crippen molar-refractivity contribution in [1.29, 1.82) is 5.26 Å². The number of carbonyl (C=O) groups excluding carboxylic acids is 2. The molecule has 1 aromatic carbocycles. The summed E-state index contributed by atoms with van der Waals surface area (Å²) >= 11 is 1.50. The summed E-state index contributed by atoms with van der Waals surface area (Å²) in [5.74, 6) is 1.56. The number of thiophene rings is 1. The first-order valence-electron chi connectivity index (χ1n) is 11.8. The molecule has 2 heterocycles. The van der Waals surface area contributed by atoms with Crippen molar-refractivity contribution in [3.8, 4) is 11.8 Å². The van der Waals surface area contributed by atoms with Crippen LogP contribution >= 0.6 is 11.3 Å². The van der Waals surface area contributed by atoms with Gasteiger partial charge in [0.05, 0.1) is 18.7 Å². The van der Waals surface area contributed by atoms with E-state index in [0.717, 1.165) is 26.6 Å². The Kier molecular flexibility index (Phi) is 8.16. The van der Waals surface area contributed by atoms with Crippen LogP contribution in [0.1, 0.15) is 52.0 Å². The quantitative estimate of drug-likeness (QED) is 0.437. The second-order valence-corrected chi connectivity index (χ2v) is 9.52. The molecule has 182 valence electrons. The number of hydrogen-bond acceptors (Lipinski definition) is 7. The van der Waals surface area contributed by atoms with Crippen LogP contribution < -0.4 is 10.1 Å². The lowest BCUT2D eigenvalue weighted by Gasteiger charge is -2.22. The molecule has 0 aliphatic heterocycles. The van der Waals surface area contributed by atoms with Crippen LogP contribution in [0.5, 0.6) is 5.75 Å². The van der Waals surface area contributed by atoms with Gasteiger partial charge in [-0.3, -0.25) is 4.79 Å². The molecule has 3 aromatic rings. The number of aryl methyl sites for hydroxylation is 1. The second-order valence-electron chi connectivity index (χ2n) is 8.33. The van der Waals surface area contributed by atoms with E-state index in [1.807, 2.05) is 31.2 Å². The number of nitrogens with one attached hydrogen (secondary N) is 2. The first-order valence-corrected chi connectivity index (χ1v) is 12.6. The molecule has 0 bridgehead atoms. The summed E-state index contributed by atoms with van der Waals surface area (Å²) in [6.07, 6.45) is 5.65. The summed E-state index contributed by atoms with van der Waals surface area (Å²) in [6.45, 7) is 2.78. The maximum Gasteiger partial charge on any atom is 0.407 e. The standard InChI is InChI=1S/C26H28N4O4S/c1-2-33-22-6-4-3-5-17(22)7-8-18(31)13-23-21(15-27)20-10-9-19(14-24(20)35-23)34-26(32)30-16-25-28-11-12-29-25/h3-6,11-12,19H,2,7-10,13-14,16H2,1H3,(H,28,29)(H,30,32). The van der Waals surface area contributed by atoms with Gasteiger partial charge in [-0.05, 0) is 43.4 Å².